The SMILES string of the molecule is C=CCc1cc(C=Nn2c(CCC)nc3ccc(Br)cc3c2=O)cc(OC)c1O[C@H](C)C(=O)O. The van der Waals surface area contributed by atoms with Crippen LogP contribution in [0.15, 0.2) is 57.4 Å². The molecule has 0 amide bonds. The molecule has 178 valence electrons. The van der Waals surface area contributed by atoms with E-state index in [4.69, 9.17) is 9.47 Å². The zero-order valence-corrected chi connectivity index (χ0v) is 20.8. The number of aryl methyl sites for hydroxylation is 1. The van der Waals surface area contributed by atoms with Crippen LogP contribution in [0.4, 0.5) is 0 Å². The number of fused-ring (bicyclic) bond motifs is 1. The van der Waals surface area contributed by atoms with E-state index in [0.717, 1.165) is 10.9 Å². The monoisotopic (exact) mass is 527 g/mol. The van der Waals surface area contributed by atoms with Crippen molar-refractivity contribution in [1.82, 2.24) is 9.66 Å². The first kappa shape index (κ1) is 25.2. The highest BCUT2D eigenvalue weighted by Crippen LogP contribution is 2.34. The van der Waals surface area contributed by atoms with Crippen LogP contribution < -0.4 is 15.0 Å². The quantitative estimate of drug-likeness (QED) is 0.305. The van der Waals surface area contributed by atoms with Crippen molar-refractivity contribution >= 4 is 39.0 Å². The summed E-state index contributed by atoms with van der Waals surface area (Å²) < 4.78 is 13.2. The molecule has 0 fully saturated rings. The number of aromatic nitrogens is 2. The van der Waals surface area contributed by atoms with E-state index in [0.29, 0.717) is 52.2 Å². The molecule has 3 rings (SSSR count). The minimum absolute atomic E-state index is 0.264. The number of carbonyl (C=O) groups is 1. The van der Waals surface area contributed by atoms with Crippen molar-refractivity contribution in [2.45, 2.75) is 39.2 Å². The Kier molecular flexibility index (Phi) is 8.22. The smallest absolute Gasteiger partial charge is 0.344 e. The Balaban J connectivity index is 2.11. The van der Waals surface area contributed by atoms with Gasteiger partial charge >= 0.3 is 5.97 Å². The Labute approximate surface area is 205 Å². The van der Waals surface area contributed by atoms with Gasteiger partial charge in [0.05, 0.1) is 24.2 Å². The summed E-state index contributed by atoms with van der Waals surface area (Å²) in [6, 6.07) is 8.85. The predicted molar refractivity (Wildman–Crippen MR) is 135 cm³/mol. The Morgan fingerprint density at radius 2 is 2.12 bits per heavy atom. The van der Waals surface area contributed by atoms with Crippen LogP contribution >= 0.6 is 15.9 Å². The second-order valence-electron chi connectivity index (χ2n) is 7.60. The Hall–Kier alpha value is -3.46. The molecule has 0 saturated carbocycles. The van der Waals surface area contributed by atoms with Gasteiger partial charge in [0, 0.05) is 16.5 Å². The summed E-state index contributed by atoms with van der Waals surface area (Å²) in [4.78, 5) is 29.1. The fourth-order valence-corrected chi connectivity index (χ4v) is 3.76. The van der Waals surface area contributed by atoms with Crippen LogP contribution in [-0.4, -0.2) is 40.2 Å². The average molecular weight is 528 g/mol. The lowest BCUT2D eigenvalue weighted by atomic mass is 10.1. The maximum atomic E-state index is 13.2. The molecule has 0 radical (unpaired) electrons. The fourth-order valence-electron chi connectivity index (χ4n) is 3.40. The van der Waals surface area contributed by atoms with E-state index >= 15 is 0 Å². The highest BCUT2D eigenvalue weighted by atomic mass is 79.9. The number of hydrogen-bond donors (Lipinski definition) is 1. The third-order valence-electron chi connectivity index (χ3n) is 5.05. The first-order chi connectivity index (χ1) is 16.3. The van der Waals surface area contributed by atoms with E-state index in [1.165, 1.54) is 18.7 Å². The number of carboxylic acid groups (broad SMARTS) is 1. The van der Waals surface area contributed by atoms with E-state index in [2.05, 4.69) is 32.6 Å². The zero-order valence-electron chi connectivity index (χ0n) is 19.2. The number of benzene rings is 2. The molecular formula is C25H26BrN3O5. The van der Waals surface area contributed by atoms with Gasteiger partial charge in [-0.15, -0.1) is 6.58 Å². The second-order valence-corrected chi connectivity index (χ2v) is 8.52. The normalized spacial score (nSPS) is 12.1. The molecule has 0 bridgehead atoms. The van der Waals surface area contributed by atoms with Crippen molar-refractivity contribution in [2.24, 2.45) is 5.10 Å². The molecule has 1 aromatic heterocycles. The maximum Gasteiger partial charge on any atom is 0.344 e. The molecule has 2 aromatic carbocycles. The topological polar surface area (TPSA) is 103 Å². The molecule has 3 aromatic rings. The zero-order chi connectivity index (χ0) is 24.8. The van der Waals surface area contributed by atoms with Crippen molar-refractivity contribution in [3.05, 3.63) is 74.8 Å². The molecule has 34 heavy (non-hydrogen) atoms. The number of methoxy groups -OCH3 is 1. The standard InChI is InChI=1S/C25H26BrN3O5/c1-5-7-17-11-16(12-21(33-4)23(17)34-15(3)25(31)32)14-27-29-22(8-6-2)28-20-10-9-18(26)13-19(20)24(29)30/h5,9-15H,1,6-8H2,2-4H3,(H,31,32)/t15-/m1/s1. The van der Waals surface area contributed by atoms with Gasteiger partial charge in [0.25, 0.3) is 5.56 Å². The molecule has 0 saturated heterocycles. The average Bonchev–Trinajstić information content (AvgIpc) is 2.80. The molecule has 8 nitrogen and oxygen atoms in total. The lowest BCUT2D eigenvalue weighted by Gasteiger charge is -2.18. The predicted octanol–water partition coefficient (Wildman–Crippen LogP) is 4.58. The molecule has 9 heteroatoms. The Morgan fingerprint density at radius 3 is 2.76 bits per heavy atom. The van der Waals surface area contributed by atoms with Crippen LogP contribution in [-0.2, 0) is 17.6 Å². The summed E-state index contributed by atoms with van der Waals surface area (Å²) in [6.07, 6.45) is 3.98. The molecule has 0 unspecified atom stereocenters. The van der Waals surface area contributed by atoms with Gasteiger partial charge in [-0.25, -0.2) is 9.78 Å². The Morgan fingerprint density at radius 1 is 1.35 bits per heavy atom. The molecule has 0 aliphatic heterocycles. The number of ether oxygens (including phenoxy) is 2. The van der Waals surface area contributed by atoms with Crippen LogP contribution in [0.2, 0.25) is 0 Å². The van der Waals surface area contributed by atoms with Crippen molar-refractivity contribution in [3.8, 4) is 11.5 Å². The van der Waals surface area contributed by atoms with Crippen LogP contribution in [0.3, 0.4) is 0 Å². The van der Waals surface area contributed by atoms with Gasteiger partial charge in [-0.1, -0.05) is 28.9 Å². The third-order valence-corrected chi connectivity index (χ3v) is 5.55. The number of nitrogens with zero attached hydrogens (tertiary/aromatic N) is 3. The number of hydrogen-bond acceptors (Lipinski definition) is 6. The molecule has 0 aliphatic rings. The third kappa shape index (κ3) is 5.53. The van der Waals surface area contributed by atoms with Crippen LogP contribution in [0.25, 0.3) is 10.9 Å². The van der Waals surface area contributed by atoms with Gasteiger partial charge < -0.3 is 14.6 Å². The van der Waals surface area contributed by atoms with E-state index in [1.54, 1.807) is 36.6 Å². The summed E-state index contributed by atoms with van der Waals surface area (Å²) in [7, 11) is 1.47. The molecule has 1 heterocycles. The minimum atomic E-state index is -1.09. The Bertz CT molecular complexity index is 1320. The van der Waals surface area contributed by atoms with Crippen molar-refractivity contribution < 1.29 is 19.4 Å². The van der Waals surface area contributed by atoms with Gasteiger partial charge in [0.15, 0.2) is 17.6 Å². The number of carboxylic acids is 1. The summed E-state index contributed by atoms with van der Waals surface area (Å²) in [5, 5.41) is 14.1. The van der Waals surface area contributed by atoms with Crippen molar-refractivity contribution in [1.29, 1.82) is 0 Å². The lowest BCUT2D eigenvalue weighted by molar-refractivity contribution is -0.144. The highest BCUT2D eigenvalue weighted by Gasteiger charge is 2.19. The summed E-state index contributed by atoms with van der Waals surface area (Å²) in [6.45, 7) is 7.22. The summed E-state index contributed by atoms with van der Waals surface area (Å²) in [5.74, 6) is 0.161. The maximum absolute atomic E-state index is 13.2. The highest BCUT2D eigenvalue weighted by molar-refractivity contribution is 9.10. The minimum Gasteiger partial charge on any atom is -0.493 e. The van der Waals surface area contributed by atoms with Gasteiger partial charge in [0.2, 0.25) is 0 Å². The molecule has 1 N–H and O–H groups in total. The fraction of sp³-hybridized carbons (Fsp3) is 0.280. The van der Waals surface area contributed by atoms with Gasteiger partial charge in [-0.3, -0.25) is 4.79 Å². The number of aliphatic carboxylic acids is 1. The van der Waals surface area contributed by atoms with Gasteiger partial charge in [-0.2, -0.15) is 9.78 Å². The number of allylic oxidation sites excluding steroid dienone is 1. The molecule has 0 aliphatic carbocycles. The number of halogens is 1. The lowest BCUT2D eigenvalue weighted by Crippen LogP contribution is -2.24. The van der Waals surface area contributed by atoms with E-state index in [9.17, 15) is 14.7 Å². The molecule has 1 atom stereocenters. The number of rotatable bonds is 10. The van der Waals surface area contributed by atoms with Crippen LogP contribution in [0.1, 0.15) is 37.2 Å². The summed E-state index contributed by atoms with van der Waals surface area (Å²) >= 11 is 3.40. The van der Waals surface area contributed by atoms with E-state index in [1.807, 2.05) is 13.0 Å². The van der Waals surface area contributed by atoms with Crippen molar-refractivity contribution in [2.75, 3.05) is 7.11 Å². The van der Waals surface area contributed by atoms with E-state index < -0.39 is 12.1 Å². The van der Waals surface area contributed by atoms with Gasteiger partial charge in [0.1, 0.15) is 5.82 Å². The summed E-state index contributed by atoms with van der Waals surface area (Å²) in [5.41, 5.74) is 1.69. The first-order valence-electron chi connectivity index (χ1n) is 10.8. The van der Waals surface area contributed by atoms with Crippen molar-refractivity contribution in [3.63, 3.8) is 0 Å². The molecular weight excluding hydrogens is 502 g/mol. The largest absolute Gasteiger partial charge is 0.493 e. The molecule has 0 spiro atoms. The van der Waals surface area contributed by atoms with Gasteiger partial charge in [-0.05, 0) is 55.7 Å². The second kappa shape index (κ2) is 11.1. The first-order valence-corrected chi connectivity index (χ1v) is 11.5. The van der Waals surface area contributed by atoms with Crippen LogP contribution in [0.5, 0.6) is 11.5 Å². The van der Waals surface area contributed by atoms with E-state index in [-0.39, 0.29) is 5.56 Å². The van der Waals surface area contributed by atoms with Crippen LogP contribution in [0, 0.1) is 0 Å².